The minimum absolute atomic E-state index is 0.0197. The number of carbonyl (C=O) groups excluding carboxylic acids is 2. The normalized spacial score (nSPS) is 15.1. The number of benzene rings is 3. The highest BCUT2D eigenvalue weighted by atomic mass is 19.1. The van der Waals surface area contributed by atoms with E-state index in [1.165, 1.54) is 17.0 Å². The molecule has 1 aliphatic rings. The first kappa shape index (κ1) is 19.4. The minimum atomic E-state index is -0.929. The van der Waals surface area contributed by atoms with Crippen molar-refractivity contribution in [2.75, 3.05) is 11.4 Å². The van der Waals surface area contributed by atoms with E-state index in [1.54, 1.807) is 60.7 Å². The molecule has 0 aliphatic carbocycles. The second-order valence-corrected chi connectivity index (χ2v) is 6.84. The maximum Gasteiger partial charge on any atom is 0.260 e. The van der Waals surface area contributed by atoms with Gasteiger partial charge in [0.2, 0.25) is 0 Å². The van der Waals surface area contributed by atoms with Gasteiger partial charge >= 0.3 is 0 Å². The zero-order valence-electron chi connectivity index (χ0n) is 16.0. The minimum Gasteiger partial charge on any atom is -0.489 e. The van der Waals surface area contributed by atoms with Crippen LogP contribution < -0.4 is 20.1 Å². The number of fused-ring (bicyclic) bond motifs is 1. The van der Waals surface area contributed by atoms with Gasteiger partial charge in [0.15, 0.2) is 6.10 Å². The molecule has 152 valence electrons. The third kappa shape index (κ3) is 4.10. The van der Waals surface area contributed by atoms with Gasteiger partial charge in [-0.05, 0) is 48.0 Å². The lowest BCUT2D eigenvalue weighted by Crippen LogP contribution is -2.49. The van der Waals surface area contributed by atoms with E-state index in [1.807, 2.05) is 0 Å². The summed E-state index contributed by atoms with van der Waals surface area (Å²) in [6.07, 6.45) is -0.929. The maximum absolute atomic E-state index is 13.2. The smallest absolute Gasteiger partial charge is 0.260 e. The summed E-state index contributed by atoms with van der Waals surface area (Å²) in [4.78, 5) is 26.4. The van der Waals surface area contributed by atoms with Gasteiger partial charge in [0, 0.05) is 5.56 Å². The fraction of sp³-hybridized carbons (Fsp3) is 0.130. The predicted molar refractivity (Wildman–Crippen MR) is 109 cm³/mol. The molecule has 2 N–H and O–H groups in total. The van der Waals surface area contributed by atoms with Crippen molar-refractivity contribution in [3.63, 3.8) is 0 Å². The van der Waals surface area contributed by atoms with Crippen LogP contribution in [0.4, 0.5) is 10.1 Å². The Hall–Kier alpha value is -3.87. The Labute approximate surface area is 172 Å². The average molecular weight is 406 g/mol. The van der Waals surface area contributed by atoms with E-state index in [0.29, 0.717) is 22.7 Å². The lowest BCUT2D eigenvalue weighted by atomic mass is 10.1. The molecular formula is C23H19FN2O4. The van der Waals surface area contributed by atoms with Gasteiger partial charge in [0.25, 0.3) is 11.8 Å². The highest BCUT2D eigenvalue weighted by Crippen LogP contribution is 2.34. The molecular weight excluding hydrogens is 387 g/mol. The van der Waals surface area contributed by atoms with Gasteiger partial charge in [-0.15, -0.1) is 0 Å². The maximum atomic E-state index is 13.2. The Morgan fingerprint density at radius 1 is 1.07 bits per heavy atom. The molecule has 0 aromatic heterocycles. The van der Waals surface area contributed by atoms with Crippen LogP contribution in [0.15, 0.2) is 72.8 Å². The first-order chi connectivity index (χ1) is 14.5. The molecule has 0 spiro atoms. The van der Waals surface area contributed by atoms with E-state index >= 15 is 0 Å². The largest absolute Gasteiger partial charge is 0.489 e. The molecule has 7 heteroatoms. The zero-order chi connectivity index (χ0) is 21.1. The molecule has 1 aliphatic heterocycles. The summed E-state index contributed by atoms with van der Waals surface area (Å²) < 4.78 is 24.4. The highest BCUT2D eigenvalue weighted by Gasteiger charge is 2.33. The molecule has 30 heavy (non-hydrogen) atoms. The monoisotopic (exact) mass is 406 g/mol. The van der Waals surface area contributed by atoms with E-state index < -0.39 is 12.0 Å². The lowest BCUT2D eigenvalue weighted by molar-refractivity contribution is -0.124. The van der Waals surface area contributed by atoms with Crippen molar-refractivity contribution in [2.45, 2.75) is 12.7 Å². The summed E-state index contributed by atoms with van der Waals surface area (Å²) in [6.45, 7) is 0.258. The van der Waals surface area contributed by atoms with Gasteiger partial charge in [0.1, 0.15) is 23.9 Å². The molecule has 6 nitrogen and oxygen atoms in total. The van der Waals surface area contributed by atoms with Crippen molar-refractivity contribution in [1.29, 1.82) is 0 Å². The van der Waals surface area contributed by atoms with Crippen LogP contribution in [0.25, 0.3) is 0 Å². The number of nitrogens with zero attached hydrogens (tertiary/aromatic N) is 1. The van der Waals surface area contributed by atoms with Gasteiger partial charge in [-0.3, -0.25) is 9.59 Å². The first-order valence-electron chi connectivity index (χ1n) is 9.35. The summed E-state index contributed by atoms with van der Waals surface area (Å²) in [5, 5.41) is 0. The molecule has 1 atom stereocenters. The van der Waals surface area contributed by atoms with Crippen LogP contribution in [0, 0.1) is 5.82 Å². The number of hydrogen-bond acceptors (Lipinski definition) is 4. The number of carbonyl (C=O) groups is 2. The molecule has 0 saturated heterocycles. The molecule has 3 aromatic carbocycles. The fourth-order valence-electron chi connectivity index (χ4n) is 3.20. The van der Waals surface area contributed by atoms with E-state index in [4.69, 9.17) is 15.2 Å². The van der Waals surface area contributed by atoms with Crippen LogP contribution in [0.3, 0.4) is 0 Å². The second-order valence-electron chi connectivity index (χ2n) is 6.84. The number of nitrogens with two attached hydrogens (primary N) is 1. The fourth-order valence-corrected chi connectivity index (χ4v) is 3.20. The van der Waals surface area contributed by atoms with Crippen molar-refractivity contribution >= 4 is 17.5 Å². The van der Waals surface area contributed by atoms with Crippen LogP contribution >= 0.6 is 0 Å². The Morgan fingerprint density at radius 3 is 2.60 bits per heavy atom. The standard InChI is InChI=1S/C23H19FN2O4/c24-17-10-8-15(9-11-17)14-29-18-5-3-4-16(12-18)23(28)26-13-21(22(25)27)30-20-7-2-1-6-19(20)26/h1-12,21H,13-14H2,(H2,25,27)/t21-/m0/s1. The summed E-state index contributed by atoms with van der Waals surface area (Å²) >= 11 is 0. The topological polar surface area (TPSA) is 81.9 Å². The van der Waals surface area contributed by atoms with Crippen LogP contribution in [0.5, 0.6) is 11.5 Å². The molecule has 0 bridgehead atoms. The number of hydrogen-bond donors (Lipinski definition) is 1. The Morgan fingerprint density at radius 2 is 1.83 bits per heavy atom. The Balaban J connectivity index is 1.55. The first-order valence-corrected chi connectivity index (χ1v) is 9.35. The Bertz CT molecular complexity index is 1080. The average Bonchev–Trinajstić information content (AvgIpc) is 2.77. The Kier molecular flexibility index (Phi) is 5.34. The van der Waals surface area contributed by atoms with Gasteiger partial charge < -0.3 is 20.1 Å². The third-order valence-electron chi connectivity index (χ3n) is 4.74. The molecule has 3 aromatic rings. The summed E-state index contributed by atoms with van der Waals surface area (Å²) in [7, 11) is 0. The van der Waals surface area contributed by atoms with Gasteiger partial charge in [0.05, 0.1) is 12.2 Å². The molecule has 1 heterocycles. The molecule has 2 amide bonds. The number of ether oxygens (including phenoxy) is 2. The SMILES string of the molecule is NC(=O)[C@@H]1CN(C(=O)c2cccc(OCc3ccc(F)cc3)c2)c2ccccc2O1. The van der Waals surface area contributed by atoms with Gasteiger partial charge in [-0.2, -0.15) is 0 Å². The van der Waals surface area contributed by atoms with Gasteiger partial charge in [-0.1, -0.05) is 30.3 Å². The molecule has 0 fully saturated rings. The molecule has 0 radical (unpaired) electrons. The number of amides is 2. The number of primary amides is 1. The van der Waals surface area contributed by atoms with Crippen LogP contribution in [-0.2, 0) is 11.4 Å². The number of rotatable bonds is 5. The van der Waals surface area contributed by atoms with Crippen molar-refractivity contribution in [1.82, 2.24) is 0 Å². The number of anilines is 1. The summed E-state index contributed by atoms with van der Waals surface area (Å²) in [5.74, 6) is -0.336. The highest BCUT2D eigenvalue weighted by molar-refractivity contribution is 6.08. The predicted octanol–water partition coefficient (Wildman–Crippen LogP) is 3.30. The van der Waals surface area contributed by atoms with Crippen molar-refractivity contribution < 1.29 is 23.5 Å². The quantitative estimate of drug-likeness (QED) is 0.705. The van der Waals surface area contributed by atoms with E-state index in [9.17, 15) is 14.0 Å². The molecule has 0 unspecified atom stereocenters. The van der Waals surface area contributed by atoms with E-state index in [-0.39, 0.29) is 24.9 Å². The van der Waals surface area contributed by atoms with Crippen molar-refractivity contribution in [2.24, 2.45) is 5.73 Å². The number of halogens is 1. The van der Waals surface area contributed by atoms with Crippen molar-refractivity contribution in [3.8, 4) is 11.5 Å². The molecule has 0 saturated carbocycles. The summed E-state index contributed by atoms with van der Waals surface area (Å²) in [6, 6.07) is 19.7. The zero-order valence-corrected chi connectivity index (χ0v) is 16.0. The molecule has 4 rings (SSSR count). The third-order valence-corrected chi connectivity index (χ3v) is 4.74. The second kappa shape index (κ2) is 8.24. The number of para-hydroxylation sites is 2. The van der Waals surface area contributed by atoms with E-state index in [0.717, 1.165) is 5.56 Å². The van der Waals surface area contributed by atoms with Crippen molar-refractivity contribution in [3.05, 3.63) is 89.7 Å². The van der Waals surface area contributed by atoms with Crippen LogP contribution in [-0.4, -0.2) is 24.5 Å². The van der Waals surface area contributed by atoms with Crippen LogP contribution in [0.1, 0.15) is 15.9 Å². The summed E-state index contributed by atoms with van der Waals surface area (Å²) in [5.41, 5.74) is 7.18. The van der Waals surface area contributed by atoms with E-state index in [2.05, 4.69) is 0 Å². The lowest BCUT2D eigenvalue weighted by Gasteiger charge is -2.33. The van der Waals surface area contributed by atoms with Gasteiger partial charge in [-0.25, -0.2) is 4.39 Å². The van der Waals surface area contributed by atoms with Crippen LogP contribution in [0.2, 0.25) is 0 Å².